The highest BCUT2D eigenvalue weighted by atomic mass is 19.1. The van der Waals surface area contributed by atoms with E-state index in [0.29, 0.717) is 25.4 Å². The fourth-order valence-corrected chi connectivity index (χ4v) is 2.28. The number of ether oxygens (including phenoxy) is 1. The van der Waals surface area contributed by atoms with Gasteiger partial charge in [-0.3, -0.25) is 0 Å². The van der Waals surface area contributed by atoms with E-state index >= 15 is 0 Å². The van der Waals surface area contributed by atoms with Crippen LogP contribution in [-0.2, 0) is 4.74 Å². The van der Waals surface area contributed by atoms with E-state index in [4.69, 9.17) is 4.74 Å². The van der Waals surface area contributed by atoms with Crippen LogP contribution in [0.25, 0.3) is 0 Å². The predicted molar refractivity (Wildman–Crippen MR) is 52.4 cm³/mol. The molecule has 0 heterocycles. The van der Waals surface area contributed by atoms with Crippen LogP contribution in [0.15, 0.2) is 12.2 Å². The molecule has 13 heavy (non-hydrogen) atoms. The van der Waals surface area contributed by atoms with Crippen LogP contribution >= 0.6 is 0 Å². The van der Waals surface area contributed by atoms with Crippen molar-refractivity contribution >= 4 is 0 Å². The first-order valence-corrected chi connectivity index (χ1v) is 4.83. The Morgan fingerprint density at radius 1 is 1.69 bits per heavy atom. The summed E-state index contributed by atoms with van der Waals surface area (Å²) < 4.78 is 19.1. The molecule has 0 radical (unpaired) electrons. The van der Waals surface area contributed by atoms with Gasteiger partial charge in [0.05, 0.1) is 6.61 Å². The topological polar surface area (TPSA) is 9.23 Å². The molecule has 0 N–H and O–H groups in total. The molecular formula is C11H19FO. The molecule has 1 saturated carbocycles. The zero-order valence-corrected chi connectivity index (χ0v) is 8.77. The zero-order valence-electron chi connectivity index (χ0n) is 8.77. The molecule has 0 saturated heterocycles. The monoisotopic (exact) mass is 186 g/mol. The lowest BCUT2D eigenvalue weighted by Crippen LogP contribution is -2.47. The molecule has 1 rings (SSSR count). The lowest BCUT2D eigenvalue weighted by molar-refractivity contribution is -0.0494. The van der Waals surface area contributed by atoms with Crippen LogP contribution in [0.2, 0.25) is 0 Å². The Morgan fingerprint density at radius 2 is 2.23 bits per heavy atom. The minimum absolute atomic E-state index is 0.117. The predicted octanol–water partition coefficient (Wildman–Crippen LogP) is 2.96. The molecule has 0 unspecified atom stereocenters. The van der Waals surface area contributed by atoms with Gasteiger partial charge in [-0.15, -0.1) is 0 Å². The van der Waals surface area contributed by atoms with Gasteiger partial charge in [0.15, 0.2) is 0 Å². The lowest BCUT2D eigenvalue weighted by Gasteiger charge is -2.45. The van der Waals surface area contributed by atoms with E-state index in [1.54, 1.807) is 7.11 Å². The normalized spacial score (nSPS) is 35.2. The Bertz CT molecular complexity index is 194. The third kappa shape index (κ3) is 2.11. The van der Waals surface area contributed by atoms with Crippen molar-refractivity contribution in [2.45, 2.75) is 32.4 Å². The highest BCUT2D eigenvalue weighted by molar-refractivity contribution is 5.10. The lowest BCUT2D eigenvalue weighted by atomic mass is 9.65. The standard InChI is InChI=1S/C11H19FO/c1-8(2)10(7-13-4)11(12)5-9(3)6-11/h9-10H,1,5-7H2,2-4H3/t9?,10-,11?/m0/s1. The first-order valence-electron chi connectivity index (χ1n) is 4.83. The van der Waals surface area contributed by atoms with Gasteiger partial charge in [-0.2, -0.15) is 0 Å². The molecule has 1 nitrogen and oxygen atoms in total. The molecule has 0 aliphatic heterocycles. The van der Waals surface area contributed by atoms with Crippen LogP contribution in [0.5, 0.6) is 0 Å². The van der Waals surface area contributed by atoms with E-state index in [2.05, 4.69) is 13.5 Å². The number of alkyl halides is 1. The van der Waals surface area contributed by atoms with Gasteiger partial charge in [-0.1, -0.05) is 19.1 Å². The highest BCUT2D eigenvalue weighted by Crippen LogP contribution is 2.48. The molecule has 0 bridgehead atoms. The molecular weight excluding hydrogens is 167 g/mol. The third-order valence-electron chi connectivity index (χ3n) is 2.93. The van der Waals surface area contributed by atoms with E-state index in [9.17, 15) is 4.39 Å². The summed E-state index contributed by atoms with van der Waals surface area (Å²) in [7, 11) is 1.61. The molecule has 1 atom stereocenters. The molecule has 2 heteroatoms. The maximum atomic E-state index is 14.1. The van der Waals surface area contributed by atoms with Crippen LogP contribution in [0, 0.1) is 11.8 Å². The number of halogens is 1. The van der Waals surface area contributed by atoms with Gasteiger partial charge in [0.25, 0.3) is 0 Å². The summed E-state index contributed by atoms with van der Waals surface area (Å²) in [4.78, 5) is 0. The van der Waals surface area contributed by atoms with Crippen LogP contribution in [-0.4, -0.2) is 19.4 Å². The van der Waals surface area contributed by atoms with E-state index in [1.807, 2.05) is 6.92 Å². The molecule has 76 valence electrons. The van der Waals surface area contributed by atoms with Crippen molar-refractivity contribution in [3.8, 4) is 0 Å². The van der Waals surface area contributed by atoms with Gasteiger partial charge in [-0.25, -0.2) is 4.39 Å². The number of hydrogen-bond acceptors (Lipinski definition) is 1. The Balaban J connectivity index is 2.59. The number of rotatable bonds is 4. The molecule has 0 aromatic rings. The molecule has 1 aliphatic carbocycles. The zero-order chi connectivity index (χ0) is 10.1. The summed E-state index contributed by atoms with van der Waals surface area (Å²) >= 11 is 0. The van der Waals surface area contributed by atoms with E-state index in [1.165, 1.54) is 0 Å². The molecule has 0 spiro atoms. The van der Waals surface area contributed by atoms with Crippen molar-refractivity contribution in [3.63, 3.8) is 0 Å². The molecule has 0 amide bonds. The van der Waals surface area contributed by atoms with E-state index in [-0.39, 0.29) is 5.92 Å². The second-order valence-corrected chi connectivity index (χ2v) is 4.40. The maximum Gasteiger partial charge on any atom is 0.120 e. The van der Waals surface area contributed by atoms with Crippen LogP contribution in [0.1, 0.15) is 26.7 Å². The van der Waals surface area contributed by atoms with Crippen LogP contribution in [0.4, 0.5) is 4.39 Å². The molecule has 1 aliphatic rings. The van der Waals surface area contributed by atoms with Gasteiger partial charge < -0.3 is 4.74 Å². The maximum absolute atomic E-state index is 14.1. The minimum atomic E-state index is -1.04. The van der Waals surface area contributed by atoms with Crippen molar-refractivity contribution in [1.29, 1.82) is 0 Å². The molecule has 0 aromatic carbocycles. The molecule has 1 fully saturated rings. The minimum Gasteiger partial charge on any atom is -0.384 e. The summed E-state index contributed by atoms with van der Waals surface area (Å²) in [5, 5.41) is 0. The van der Waals surface area contributed by atoms with Gasteiger partial charge in [0.1, 0.15) is 5.67 Å². The van der Waals surface area contributed by atoms with E-state index in [0.717, 1.165) is 5.57 Å². The fourth-order valence-electron chi connectivity index (χ4n) is 2.28. The average molecular weight is 186 g/mol. The Hall–Kier alpha value is -0.370. The molecule has 0 aromatic heterocycles. The first-order chi connectivity index (χ1) is 5.99. The van der Waals surface area contributed by atoms with Crippen LogP contribution < -0.4 is 0 Å². The van der Waals surface area contributed by atoms with Crippen molar-refractivity contribution in [2.75, 3.05) is 13.7 Å². The van der Waals surface area contributed by atoms with Crippen molar-refractivity contribution < 1.29 is 9.13 Å². The van der Waals surface area contributed by atoms with Crippen molar-refractivity contribution in [2.24, 2.45) is 11.8 Å². The quantitative estimate of drug-likeness (QED) is 0.613. The Labute approximate surface area is 80.0 Å². The number of hydrogen-bond donors (Lipinski definition) is 0. The first kappa shape index (κ1) is 10.7. The summed E-state index contributed by atoms with van der Waals surface area (Å²) in [6, 6.07) is 0. The average Bonchev–Trinajstić information content (AvgIpc) is 1.96. The van der Waals surface area contributed by atoms with Gasteiger partial charge in [0, 0.05) is 13.0 Å². The van der Waals surface area contributed by atoms with Gasteiger partial charge >= 0.3 is 0 Å². The second-order valence-electron chi connectivity index (χ2n) is 4.40. The van der Waals surface area contributed by atoms with Crippen molar-refractivity contribution in [3.05, 3.63) is 12.2 Å². The van der Waals surface area contributed by atoms with Gasteiger partial charge in [0.2, 0.25) is 0 Å². The summed E-state index contributed by atoms with van der Waals surface area (Å²) in [5.41, 5.74) is -0.141. The SMILES string of the molecule is C=C(C)[C@H](COC)C1(F)CC(C)C1. The summed E-state index contributed by atoms with van der Waals surface area (Å²) in [5.74, 6) is 0.400. The largest absolute Gasteiger partial charge is 0.384 e. The summed E-state index contributed by atoms with van der Waals surface area (Å²) in [6.07, 6.45) is 1.32. The smallest absolute Gasteiger partial charge is 0.120 e. The van der Waals surface area contributed by atoms with Crippen molar-refractivity contribution in [1.82, 2.24) is 0 Å². The Morgan fingerprint density at radius 3 is 2.54 bits per heavy atom. The fraction of sp³-hybridized carbons (Fsp3) is 0.818. The van der Waals surface area contributed by atoms with Gasteiger partial charge in [-0.05, 0) is 25.7 Å². The highest BCUT2D eigenvalue weighted by Gasteiger charge is 2.48. The summed E-state index contributed by atoms with van der Waals surface area (Å²) in [6.45, 7) is 8.25. The van der Waals surface area contributed by atoms with Crippen LogP contribution in [0.3, 0.4) is 0 Å². The number of methoxy groups -OCH3 is 1. The van der Waals surface area contributed by atoms with E-state index < -0.39 is 5.67 Å². The Kier molecular flexibility index (Phi) is 3.12. The third-order valence-corrected chi connectivity index (χ3v) is 2.93. The second kappa shape index (κ2) is 3.79.